The van der Waals surface area contributed by atoms with Crippen molar-refractivity contribution in [2.75, 3.05) is 13.7 Å². The number of hydrogen-bond acceptors (Lipinski definition) is 6. The van der Waals surface area contributed by atoms with Crippen molar-refractivity contribution < 1.29 is 9.53 Å². The fourth-order valence-corrected chi connectivity index (χ4v) is 4.31. The maximum atomic E-state index is 12.9. The second kappa shape index (κ2) is 9.93. The molecule has 0 bridgehead atoms. The van der Waals surface area contributed by atoms with Gasteiger partial charge in [-0.2, -0.15) is 9.78 Å². The van der Waals surface area contributed by atoms with Crippen LogP contribution in [-0.4, -0.2) is 44.3 Å². The number of aryl methyl sites for hydroxylation is 2. The highest BCUT2D eigenvalue weighted by atomic mass is 16.5. The summed E-state index contributed by atoms with van der Waals surface area (Å²) in [6.07, 6.45) is 8.83. The lowest BCUT2D eigenvalue weighted by molar-refractivity contribution is 0.0948. The van der Waals surface area contributed by atoms with Crippen LogP contribution in [0.5, 0.6) is 0 Å². The Labute approximate surface area is 198 Å². The number of hydrogen-bond donors (Lipinski definition) is 1. The van der Waals surface area contributed by atoms with Gasteiger partial charge in [0.2, 0.25) is 0 Å². The number of nitrogens with one attached hydrogen (secondary N) is 1. The first kappa shape index (κ1) is 21.9. The summed E-state index contributed by atoms with van der Waals surface area (Å²) in [6.45, 7) is 0.680. The normalized spacial score (nSPS) is 12.5. The first-order chi connectivity index (χ1) is 16.7. The molecular formula is C26H26N6O2. The molecule has 1 amide bonds. The topological polar surface area (TPSA) is 94.8 Å². The van der Waals surface area contributed by atoms with Gasteiger partial charge in [-0.3, -0.25) is 9.78 Å². The number of methoxy groups -OCH3 is 1. The standard InChI is InChI=1S/C26H26N6O2/c1-34-17-23-22(25(33)28-14-12-20-10-4-5-13-27-20)16-30-32(23)26-29-15-19-9-6-8-18-7-2-3-11-21(18)24(19)31-26/h2-5,7,10-11,13,15-16H,6,8-9,12,14,17H2,1H3,(H,28,33). The van der Waals surface area contributed by atoms with Gasteiger partial charge in [-0.15, -0.1) is 0 Å². The summed E-state index contributed by atoms with van der Waals surface area (Å²) in [5.74, 6) is 0.212. The monoisotopic (exact) mass is 454 g/mol. The lowest BCUT2D eigenvalue weighted by Crippen LogP contribution is -2.27. The van der Waals surface area contributed by atoms with Crippen molar-refractivity contribution in [3.8, 4) is 17.2 Å². The third-order valence-corrected chi connectivity index (χ3v) is 5.99. The molecule has 0 aliphatic heterocycles. The fourth-order valence-electron chi connectivity index (χ4n) is 4.31. The molecule has 0 saturated carbocycles. The van der Waals surface area contributed by atoms with E-state index < -0.39 is 0 Å². The predicted molar refractivity (Wildman–Crippen MR) is 128 cm³/mol. The zero-order valence-corrected chi connectivity index (χ0v) is 19.1. The molecule has 5 rings (SSSR count). The van der Waals surface area contributed by atoms with E-state index >= 15 is 0 Å². The van der Waals surface area contributed by atoms with E-state index in [0.29, 0.717) is 30.2 Å². The van der Waals surface area contributed by atoms with Crippen LogP contribution in [0.2, 0.25) is 0 Å². The molecule has 0 saturated heterocycles. The average Bonchev–Trinajstić information content (AvgIpc) is 3.20. The Hall–Kier alpha value is -3.91. The lowest BCUT2D eigenvalue weighted by Gasteiger charge is -2.12. The van der Waals surface area contributed by atoms with E-state index in [1.807, 2.05) is 30.5 Å². The highest BCUT2D eigenvalue weighted by molar-refractivity contribution is 5.95. The highest BCUT2D eigenvalue weighted by Gasteiger charge is 2.22. The van der Waals surface area contributed by atoms with E-state index in [1.165, 1.54) is 5.56 Å². The molecule has 8 heteroatoms. The minimum Gasteiger partial charge on any atom is -0.378 e. The van der Waals surface area contributed by atoms with Gasteiger partial charge in [-0.25, -0.2) is 9.97 Å². The Morgan fingerprint density at radius 2 is 1.91 bits per heavy atom. The van der Waals surface area contributed by atoms with E-state index in [4.69, 9.17) is 9.72 Å². The van der Waals surface area contributed by atoms with Crippen molar-refractivity contribution in [2.24, 2.45) is 0 Å². The van der Waals surface area contributed by atoms with Crippen LogP contribution in [0.3, 0.4) is 0 Å². The molecule has 1 aliphatic rings. The van der Waals surface area contributed by atoms with Crippen LogP contribution >= 0.6 is 0 Å². The van der Waals surface area contributed by atoms with E-state index in [-0.39, 0.29) is 12.5 Å². The molecule has 3 heterocycles. The SMILES string of the molecule is COCc1c(C(=O)NCCc2ccccn2)cnn1-c1ncc2c(n1)-c1ccccc1CCC2. The van der Waals surface area contributed by atoms with E-state index in [1.54, 1.807) is 24.2 Å². The Balaban J connectivity index is 1.43. The quantitative estimate of drug-likeness (QED) is 0.460. The fraction of sp³-hybridized carbons (Fsp3) is 0.269. The predicted octanol–water partition coefficient (Wildman–Crippen LogP) is 3.33. The van der Waals surface area contributed by atoms with Crippen LogP contribution in [0, 0.1) is 0 Å². The van der Waals surface area contributed by atoms with Gasteiger partial charge in [0.05, 0.1) is 29.8 Å². The van der Waals surface area contributed by atoms with Crippen molar-refractivity contribution >= 4 is 5.91 Å². The minimum atomic E-state index is -0.214. The molecule has 34 heavy (non-hydrogen) atoms. The molecule has 1 aliphatic carbocycles. The minimum absolute atomic E-state index is 0.208. The number of carbonyl (C=O) groups is 1. The molecule has 3 aromatic heterocycles. The van der Waals surface area contributed by atoms with Crippen molar-refractivity contribution in [1.29, 1.82) is 0 Å². The van der Waals surface area contributed by atoms with E-state index in [9.17, 15) is 4.79 Å². The molecule has 4 aromatic rings. The maximum Gasteiger partial charge on any atom is 0.254 e. The first-order valence-electron chi connectivity index (χ1n) is 11.4. The van der Waals surface area contributed by atoms with Gasteiger partial charge in [0.15, 0.2) is 0 Å². The second-order valence-corrected chi connectivity index (χ2v) is 8.23. The molecular weight excluding hydrogens is 428 g/mol. The van der Waals surface area contributed by atoms with Crippen LogP contribution in [0.25, 0.3) is 17.2 Å². The van der Waals surface area contributed by atoms with Crippen LogP contribution in [0.4, 0.5) is 0 Å². The molecule has 0 fully saturated rings. The molecule has 1 aromatic carbocycles. The summed E-state index contributed by atoms with van der Waals surface area (Å²) in [4.78, 5) is 26.7. The zero-order valence-electron chi connectivity index (χ0n) is 19.1. The third-order valence-electron chi connectivity index (χ3n) is 5.99. The Morgan fingerprint density at radius 3 is 2.76 bits per heavy atom. The number of fused-ring (bicyclic) bond motifs is 3. The zero-order chi connectivity index (χ0) is 23.3. The number of amides is 1. The number of carbonyl (C=O) groups excluding carboxylic acids is 1. The summed E-state index contributed by atoms with van der Waals surface area (Å²) in [7, 11) is 1.59. The largest absolute Gasteiger partial charge is 0.378 e. The van der Waals surface area contributed by atoms with Gasteiger partial charge in [0.25, 0.3) is 11.9 Å². The lowest BCUT2D eigenvalue weighted by atomic mass is 10.0. The van der Waals surface area contributed by atoms with E-state index in [2.05, 4.69) is 38.6 Å². The Bertz CT molecular complexity index is 1300. The summed E-state index contributed by atoms with van der Waals surface area (Å²) in [6, 6.07) is 14.1. The summed E-state index contributed by atoms with van der Waals surface area (Å²) >= 11 is 0. The molecule has 0 atom stereocenters. The van der Waals surface area contributed by atoms with Gasteiger partial charge in [0.1, 0.15) is 0 Å². The van der Waals surface area contributed by atoms with Gasteiger partial charge >= 0.3 is 0 Å². The van der Waals surface area contributed by atoms with Gasteiger partial charge in [-0.05, 0) is 42.5 Å². The molecule has 0 radical (unpaired) electrons. The molecule has 1 N–H and O–H groups in total. The smallest absolute Gasteiger partial charge is 0.254 e. The van der Waals surface area contributed by atoms with E-state index in [0.717, 1.165) is 41.8 Å². The van der Waals surface area contributed by atoms with Gasteiger partial charge < -0.3 is 10.1 Å². The summed E-state index contributed by atoms with van der Waals surface area (Å²) < 4.78 is 7.00. The number of rotatable bonds is 7. The van der Waals surface area contributed by atoms with Crippen molar-refractivity contribution in [1.82, 2.24) is 30.0 Å². The molecule has 0 spiro atoms. The van der Waals surface area contributed by atoms with Gasteiger partial charge in [0, 0.05) is 43.7 Å². The van der Waals surface area contributed by atoms with Crippen LogP contribution < -0.4 is 5.32 Å². The van der Waals surface area contributed by atoms with Crippen LogP contribution in [0.1, 0.15) is 39.3 Å². The molecule has 8 nitrogen and oxygen atoms in total. The Kier molecular flexibility index (Phi) is 6.40. The Morgan fingerprint density at radius 1 is 1.06 bits per heavy atom. The maximum absolute atomic E-state index is 12.9. The summed E-state index contributed by atoms with van der Waals surface area (Å²) in [5.41, 5.74) is 6.46. The van der Waals surface area contributed by atoms with Crippen LogP contribution in [-0.2, 0) is 30.6 Å². The van der Waals surface area contributed by atoms with Crippen molar-refractivity contribution in [3.05, 3.63) is 89.1 Å². The number of pyridine rings is 1. The number of nitrogens with zero attached hydrogens (tertiary/aromatic N) is 5. The third kappa shape index (κ3) is 4.45. The molecule has 0 unspecified atom stereocenters. The van der Waals surface area contributed by atoms with Crippen LogP contribution in [0.15, 0.2) is 61.1 Å². The first-order valence-corrected chi connectivity index (χ1v) is 11.4. The van der Waals surface area contributed by atoms with Crippen molar-refractivity contribution in [2.45, 2.75) is 32.3 Å². The number of ether oxygens (including phenoxy) is 1. The average molecular weight is 455 g/mol. The molecule has 172 valence electrons. The summed E-state index contributed by atoms with van der Waals surface area (Å²) in [5, 5.41) is 7.41. The van der Waals surface area contributed by atoms with Crippen molar-refractivity contribution in [3.63, 3.8) is 0 Å². The number of aromatic nitrogens is 5. The van der Waals surface area contributed by atoms with Gasteiger partial charge in [-0.1, -0.05) is 30.3 Å². The second-order valence-electron chi connectivity index (χ2n) is 8.23. The number of benzene rings is 1. The highest BCUT2D eigenvalue weighted by Crippen LogP contribution is 2.31.